The van der Waals surface area contributed by atoms with Gasteiger partial charge in [-0.2, -0.15) is 5.26 Å². The van der Waals surface area contributed by atoms with Gasteiger partial charge in [-0.1, -0.05) is 6.07 Å². The summed E-state index contributed by atoms with van der Waals surface area (Å²) in [5, 5.41) is 8.61. The Morgan fingerprint density at radius 1 is 1.33 bits per heavy atom. The molecule has 4 heteroatoms. The molecule has 0 aliphatic heterocycles. The molecule has 1 rings (SSSR count). The molecule has 0 aliphatic carbocycles. The lowest BCUT2D eigenvalue weighted by Gasteiger charge is -2.16. The number of hydrogen-bond donors (Lipinski definition) is 1. The number of methoxy groups -OCH3 is 2. The zero-order chi connectivity index (χ0) is 11.3. The fourth-order valence-electron chi connectivity index (χ4n) is 1.45. The molecule has 0 aliphatic rings. The number of ether oxygens (including phenoxy) is 2. The summed E-state index contributed by atoms with van der Waals surface area (Å²) >= 11 is 0. The summed E-state index contributed by atoms with van der Waals surface area (Å²) in [6.45, 7) is 0. The van der Waals surface area contributed by atoms with Crippen LogP contribution in [0.15, 0.2) is 18.2 Å². The number of rotatable bonds is 4. The molecule has 1 atom stereocenters. The van der Waals surface area contributed by atoms with Crippen LogP contribution in [0.4, 0.5) is 0 Å². The summed E-state index contributed by atoms with van der Waals surface area (Å²) in [6, 6.07) is 7.07. The van der Waals surface area contributed by atoms with E-state index in [0.29, 0.717) is 11.5 Å². The number of nitrogens with two attached hydrogens (primary N) is 1. The Balaban J connectivity index is 3.16. The maximum absolute atomic E-state index is 8.61. The van der Waals surface area contributed by atoms with E-state index < -0.39 is 0 Å². The molecular weight excluding hydrogens is 192 g/mol. The SMILES string of the molecule is COc1cccc(OC)c1C(N)CC#N. The van der Waals surface area contributed by atoms with Gasteiger partial charge in [-0.15, -0.1) is 0 Å². The Bertz CT molecular complexity index is 349. The number of benzene rings is 1. The Labute approximate surface area is 89.2 Å². The molecule has 0 radical (unpaired) electrons. The van der Waals surface area contributed by atoms with E-state index in [9.17, 15) is 0 Å². The van der Waals surface area contributed by atoms with Crippen molar-refractivity contribution in [3.05, 3.63) is 23.8 Å². The number of hydrogen-bond acceptors (Lipinski definition) is 4. The first-order valence-corrected chi connectivity index (χ1v) is 4.58. The van der Waals surface area contributed by atoms with Crippen LogP contribution in [0.25, 0.3) is 0 Å². The van der Waals surface area contributed by atoms with E-state index in [-0.39, 0.29) is 12.5 Å². The minimum Gasteiger partial charge on any atom is -0.496 e. The molecule has 0 spiro atoms. The summed E-state index contributed by atoms with van der Waals surface area (Å²) in [4.78, 5) is 0. The van der Waals surface area contributed by atoms with E-state index in [2.05, 4.69) is 0 Å². The number of nitriles is 1. The van der Waals surface area contributed by atoms with E-state index >= 15 is 0 Å². The average molecular weight is 206 g/mol. The Morgan fingerprint density at radius 3 is 2.27 bits per heavy atom. The summed E-state index contributed by atoms with van der Waals surface area (Å²) in [7, 11) is 3.13. The molecule has 15 heavy (non-hydrogen) atoms. The van der Waals surface area contributed by atoms with Crippen molar-refractivity contribution in [3.8, 4) is 17.6 Å². The molecule has 1 unspecified atom stereocenters. The normalized spacial score (nSPS) is 11.6. The third-order valence-corrected chi connectivity index (χ3v) is 2.15. The lowest BCUT2D eigenvalue weighted by molar-refractivity contribution is 0.379. The van der Waals surface area contributed by atoms with Crippen molar-refractivity contribution in [2.75, 3.05) is 14.2 Å². The first-order chi connectivity index (χ1) is 7.24. The molecule has 0 bridgehead atoms. The van der Waals surface area contributed by atoms with Gasteiger partial charge in [0.25, 0.3) is 0 Å². The van der Waals surface area contributed by atoms with Crippen LogP contribution in [-0.4, -0.2) is 14.2 Å². The lowest BCUT2D eigenvalue weighted by atomic mass is 10.0. The smallest absolute Gasteiger partial charge is 0.127 e. The van der Waals surface area contributed by atoms with E-state index in [1.165, 1.54) is 0 Å². The summed E-state index contributed by atoms with van der Waals surface area (Å²) in [6.07, 6.45) is 0.233. The van der Waals surface area contributed by atoms with Crippen LogP contribution in [0.5, 0.6) is 11.5 Å². The first-order valence-electron chi connectivity index (χ1n) is 4.58. The summed E-state index contributed by atoms with van der Waals surface area (Å²) in [5.74, 6) is 1.30. The molecule has 2 N–H and O–H groups in total. The fourth-order valence-corrected chi connectivity index (χ4v) is 1.45. The van der Waals surface area contributed by atoms with Crippen LogP contribution >= 0.6 is 0 Å². The Hall–Kier alpha value is -1.73. The topological polar surface area (TPSA) is 68.3 Å². The van der Waals surface area contributed by atoms with Gasteiger partial charge in [-0.3, -0.25) is 0 Å². The van der Waals surface area contributed by atoms with Crippen LogP contribution in [0, 0.1) is 11.3 Å². The lowest BCUT2D eigenvalue weighted by Crippen LogP contribution is -2.12. The van der Waals surface area contributed by atoms with Crippen LogP contribution < -0.4 is 15.2 Å². The second-order valence-electron chi connectivity index (χ2n) is 3.04. The molecule has 0 saturated carbocycles. The molecule has 0 saturated heterocycles. The monoisotopic (exact) mass is 206 g/mol. The average Bonchev–Trinajstić information content (AvgIpc) is 2.28. The highest BCUT2D eigenvalue weighted by Crippen LogP contribution is 2.33. The van der Waals surface area contributed by atoms with Gasteiger partial charge < -0.3 is 15.2 Å². The molecule has 4 nitrogen and oxygen atoms in total. The zero-order valence-electron chi connectivity index (χ0n) is 8.86. The van der Waals surface area contributed by atoms with E-state index in [1.807, 2.05) is 12.1 Å². The Kier molecular flexibility index (Phi) is 3.95. The largest absolute Gasteiger partial charge is 0.496 e. The van der Waals surface area contributed by atoms with Crippen molar-refractivity contribution in [2.45, 2.75) is 12.5 Å². The summed E-state index contributed by atoms with van der Waals surface area (Å²) < 4.78 is 10.4. The second kappa shape index (κ2) is 5.23. The van der Waals surface area contributed by atoms with Crippen molar-refractivity contribution in [2.24, 2.45) is 5.73 Å². The predicted octanol–water partition coefficient (Wildman–Crippen LogP) is 1.62. The third-order valence-electron chi connectivity index (χ3n) is 2.15. The molecule has 0 fully saturated rings. The van der Waals surface area contributed by atoms with Gasteiger partial charge in [0, 0.05) is 0 Å². The van der Waals surface area contributed by atoms with Crippen LogP contribution in [0.3, 0.4) is 0 Å². The van der Waals surface area contributed by atoms with Crippen molar-refractivity contribution in [1.82, 2.24) is 0 Å². The van der Waals surface area contributed by atoms with Crippen LogP contribution in [0.1, 0.15) is 18.0 Å². The van der Waals surface area contributed by atoms with E-state index in [0.717, 1.165) is 5.56 Å². The first kappa shape index (κ1) is 11.3. The standard InChI is InChI=1S/C11H14N2O2/c1-14-9-4-3-5-10(15-2)11(9)8(13)6-7-12/h3-5,8H,6,13H2,1-2H3. The van der Waals surface area contributed by atoms with Crippen LogP contribution in [-0.2, 0) is 0 Å². The molecular formula is C11H14N2O2. The highest BCUT2D eigenvalue weighted by atomic mass is 16.5. The third kappa shape index (κ3) is 2.39. The Morgan fingerprint density at radius 2 is 1.87 bits per heavy atom. The molecule has 1 aromatic carbocycles. The molecule has 80 valence electrons. The minimum atomic E-state index is -0.388. The number of nitrogens with zero attached hydrogens (tertiary/aromatic N) is 1. The maximum atomic E-state index is 8.61. The molecule has 0 heterocycles. The molecule has 0 amide bonds. The van der Waals surface area contributed by atoms with Gasteiger partial charge in [-0.05, 0) is 12.1 Å². The summed E-state index contributed by atoms with van der Waals surface area (Å²) in [5.41, 5.74) is 6.62. The van der Waals surface area contributed by atoms with Gasteiger partial charge >= 0.3 is 0 Å². The van der Waals surface area contributed by atoms with Crippen molar-refractivity contribution >= 4 is 0 Å². The minimum absolute atomic E-state index is 0.233. The van der Waals surface area contributed by atoms with Gasteiger partial charge in [-0.25, -0.2) is 0 Å². The zero-order valence-corrected chi connectivity index (χ0v) is 8.86. The highest BCUT2D eigenvalue weighted by molar-refractivity contribution is 5.47. The van der Waals surface area contributed by atoms with Crippen LogP contribution in [0.2, 0.25) is 0 Å². The van der Waals surface area contributed by atoms with Crippen molar-refractivity contribution < 1.29 is 9.47 Å². The van der Waals surface area contributed by atoms with Crippen molar-refractivity contribution in [1.29, 1.82) is 5.26 Å². The van der Waals surface area contributed by atoms with Gasteiger partial charge in [0.2, 0.25) is 0 Å². The van der Waals surface area contributed by atoms with Gasteiger partial charge in [0.15, 0.2) is 0 Å². The predicted molar refractivity (Wildman–Crippen MR) is 56.7 cm³/mol. The quantitative estimate of drug-likeness (QED) is 0.812. The highest BCUT2D eigenvalue weighted by Gasteiger charge is 2.16. The maximum Gasteiger partial charge on any atom is 0.127 e. The van der Waals surface area contributed by atoms with Crippen molar-refractivity contribution in [3.63, 3.8) is 0 Å². The second-order valence-corrected chi connectivity index (χ2v) is 3.04. The van der Waals surface area contributed by atoms with Gasteiger partial charge in [0.1, 0.15) is 11.5 Å². The van der Waals surface area contributed by atoms with Gasteiger partial charge in [0.05, 0.1) is 38.3 Å². The van der Waals surface area contributed by atoms with E-state index in [4.69, 9.17) is 20.5 Å². The molecule has 1 aromatic rings. The fraction of sp³-hybridized carbons (Fsp3) is 0.364. The molecule has 0 aromatic heterocycles. The van der Waals surface area contributed by atoms with E-state index in [1.54, 1.807) is 26.4 Å².